The lowest BCUT2D eigenvalue weighted by molar-refractivity contribution is -0.171. The number of ether oxygens (including phenoxy) is 1. The summed E-state index contributed by atoms with van der Waals surface area (Å²) in [5, 5.41) is 31.2. The van der Waals surface area contributed by atoms with E-state index in [9.17, 15) is 39.0 Å². The molecule has 5 fully saturated rings. The Bertz CT molecular complexity index is 3170. The van der Waals surface area contributed by atoms with E-state index in [1.807, 2.05) is 13.8 Å². The molecule has 28 nitrogen and oxygen atoms in total. The van der Waals surface area contributed by atoms with Crippen LogP contribution in [0.1, 0.15) is 173 Å². The molecule has 17 atom stereocenters. The number of hydrogen-bond acceptors (Lipinski definition) is 16. The number of rotatable bonds is 11. The van der Waals surface area contributed by atoms with Crippen LogP contribution in [0.4, 0.5) is 0 Å². The van der Waals surface area contributed by atoms with Crippen LogP contribution >= 0.6 is 0 Å². The van der Waals surface area contributed by atoms with Crippen LogP contribution in [-0.2, 0) is 73.5 Å². The average Bonchev–Trinajstić information content (AvgIpc) is 1.18. The van der Waals surface area contributed by atoms with Crippen molar-refractivity contribution in [1.82, 2.24) is 60.0 Å². The van der Waals surface area contributed by atoms with E-state index in [0.717, 1.165) is 14.7 Å². The van der Waals surface area contributed by atoms with E-state index in [1.165, 1.54) is 85.4 Å². The van der Waals surface area contributed by atoms with Gasteiger partial charge in [0.25, 0.3) is 5.91 Å². The summed E-state index contributed by atoms with van der Waals surface area (Å²) in [5.41, 5.74) is 0.621. The van der Waals surface area contributed by atoms with Gasteiger partial charge in [-0.3, -0.25) is 57.5 Å². The van der Waals surface area contributed by atoms with Crippen molar-refractivity contribution in [1.29, 1.82) is 0 Å². The number of benzene rings is 1. The second-order valence-electron chi connectivity index (χ2n) is 30.2. The van der Waals surface area contributed by atoms with Gasteiger partial charge in [0.05, 0.1) is 12.2 Å². The highest BCUT2D eigenvalue weighted by atomic mass is 16.6. The van der Waals surface area contributed by atoms with Crippen molar-refractivity contribution in [2.24, 2.45) is 29.6 Å². The molecule has 1 aromatic rings. The Labute approximate surface area is 603 Å². The Hall–Kier alpha value is -7.75. The Kier molecular flexibility index (Phi) is 29.9. The van der Waals surface area contributed by atoms with Crippen molar-refractivity contribution in [2.45, 2.75) is 264 Å². The lowest BCUT2D eigenvalue weighted by Gasteiger charge is -2.43. The summed E-state index contributed by atoms with van der Waals surface area (Å²) in [6.07, 6.45) is -0.392. The molecule has 102 heavy (non-hydrogen) atoms. The molecule has 5 aliphatic heterocycles. The number of aliphatic hydroxyl groups excluding tert-OH is 2. The summed E-state index contributed by atoms with van der Waals surface area (Å²) in [6, 6.07) is -6.56. The number of likely N-dealkylation sites (N-methyl/N-ethyl adjacent to an activating group) is 5. The molecule has 5 saturated heterocycles. The van der Waals surface area contributed by atoms with Gasteiger partial charge in [-0.2, -0.15) is 0 Å². The van der Waals surface area contributed by atoms with Crippen LogP contribution in [0.5, 0.6) is 0 Å². The summed E-state index contributed by atoms with van der Waals surface area (Å²) in [6.45, 7) is 21.9. The smallest absolute Gasteiger partial charge is 0.329 e. The number of amides is 12. The van der Waals surface area contributed by atoms with E-state index in [2.05, 4.69) is 16.0 Å². The number of hydrogen-bond donors (Lipinski definition) is 5. The van der Waals surface area contributed by atoms with Crippen LogP contribution < -0.4 is 16.0 Å². The maximum atomic E-state index is 15.5. The second kappa shape index (κ2) is 36.6. The minimum Gasteiger partial charge on any atom is -0.450 e. The Morgan fingerprint density at radius 3 is 1.34 bits per heavy atom. The highest BCUT2D eigenvalue weighted by Gasteiger charge is 2.50. The van der Waals surface area contributed by atoms with Crippen LogP contribution in [0.3, 0.4) is 0 Å². The third-order valence-electron chi connectivity index (χ3n) is 21.8. The molecule has 0 aliphatic carbocycles. The molecule has 1 aromatic carbocycles. The summed E-state index contributed by atoms with van der Waals surface area (Å²) in [5.74, 6) is -12.2. The molecule has 0 saturated carbocycles. The highest BCUT2D eigenvalue weighted by molar-refractivity contribution is 6.01. The third-order valence-corrected chi connectivity index (χ3v) is 21.8. The summed E-state index contributed by atoms with van der Waals surface area (Å²) in [7, 11) is 6.79. The van der Waals surface area contributed by atoms with Gasteiger partial charge in [0.2, 0.25) is 65.0 Å². The first-order chi connectivity index (χ1) is 48.0. The molecule has 0 aromatic heterocycles. The van der Waals surface area contributed by atoms with Gasteiger partial charge in [-0.25, -0.2) is 4.79 Å². The van der Waals surface area contributed by atoms with Gasteiger partial charge in [-0.15, -0.1) is 0 Å². The van der Waals surface area contributed by atoms with E-state index >= 15 is 33.6 Å². The summed E-state index contributed by atoms with van der Waals surface area (Å²) >= 11 is 0. The largest absolute Gasteiger partial charge is 0.450 e. The van der Waals surface area contributed by atoms with Crippen molar-refractivity contribution in [3.05, 3.63) is 35.9 Å². The number of piperidine rings is 2. The van der Waals surface area contributed by atoms with E-state index < -0.39 is 197 Å². The lowest BCUT2D eigenvalue weighted by Crippen LogP contribution is -2.64. The van der Waals surface area contributed by atoms with Gasteiger partial charge in [-0.1, -0.05) is 112 Å². The molecule has 6 rings (SSSR count). The minimum atomic E-state index is -1.67. The molecule has 0 spiro atoms. The third kappa shape index (κ3) is 18.8. The maximum absolute atomic E-state index is 15.5. The predicted molar refractivity (Wildman–Crippen MR) is 379 cm³/mol. The highest BCUT2D eigenvalue weighted by Crippen LogP contribution is 2.31. The van der Waals surface area contributed by atoms with Gasteiger partial charge in [0, 0.05) is 67.8 Å². The SMILES string of the molecule is CCC(C)C1NC(=O)C2CCCN2C(=O)C(C(C)C)N(C)C(=O)C(Cc2ccccc2)OC(=O)C2CCCCN2C(=O)C(C(C)CC)N(C)C(=O)C(C(C)C)N(C)C(=O)C(C(C)O)N(C)C(=O)C(C(C)C)NC(=O)C(C(C)O)N(C)C(=O)C2CCCN2C(=O)C(C)NC(=O)C2CCCCN2C1=O. The normalized spacial score (nSPS) is 30.1. The molecule has 5 heterocycles. The number of nitrogens with one attached hydrogen (secondary N) is 3. The molecule has 17 unspecified atom stereocenters. The van der Waals surface area contributed by atoms with Gasteiger partial charge >= 0.3 is 5.97 Å². The molecule has 28 heteroatoms. The molecular formula is C74H118N12O16. The first-order valence-corrected chi connectivity index (χ1v) is 37.0. The number of cyclic esters (lactones) is 1. The molecule has 570 valence electrons. The first kappa shape index (κ1) is 83.2. The maximum Gasteiger partial charge on any atom is 0.329 e. The van der Waals surface area contributed by atoms with E-state index in [4.69, 9.17) is 4.74 Å². The van der Waals surface area contributed by atoms with Crippen LogP contribution in [0.15, 0.2) is 30.3 Å². The van der Waals surface area contributed by atoms with E-state index in [1.54, 1.807) is 85.7 Å². The zero-order chi connectivity index (χ0) is 76.2. The van der Waals surface area contributed by atoms with Crippen LogP contribution in [0, 0.1) is 29.6 Å². The van der Waals surface area contributed by atoms with Crippen molar-refractivity contribution >= 4 is 76.9 Å². The number of aliphatic hydroxyl groups is 2. The topological polar surface area (TPSA) is 337 Å². The van der Waals surface area contributed by atoms with Gasteiger partial charge in [-0.05, 0) is 120 Å². The molecule has 0 bridgehead atoms. The zero-order valence-electron chi connectivity index (χ0n) is 63.6. The first-order valence-electron chi connectivity index (χ1n) is 37.0. The monoisotopic (exact) mass is 1430 g/mol. The lowest BCUT2D eigenvalue weighted by atomic mass is 9.92. The van der Waals surface area contributed by atoms with E-state index in [0.29, 0.717) is 56.9 Å². The van der Waals surface area contributed by atoms with Crippen molar-refractivity contribution in [2.75, 3.05) is 61.4 Å². The molecule has 5 N–H and O–H groups in total. The fourth-order valence-corrected chi connectivity index (χ4v) is 15.6. The zero-order valence-corrected chi connectivity index (χ0v) is 63.6. The van der Waals surface area contributed by atoms with Crippen molar-refractivity contribution < 1.29 is 77.3 Å². The average molecular weight is 1430 g/mol. The number of nitrogens with zero attached hydrogens (tertiary/aromatic N) is 9. The van der Waals surface area contributed by atoms with Gasteiger partial charge in [0.1, 0.15) is 72.5 Å². The molecule has 12 amide bonds. The van der Waals surface area contributed by atoms with Crippen molar-refractivity contribution in [3.63, 3.8) is 0 Å². The fraction of sp³-hybridized carbons (Fsp3) is 0.743. The number of carbonyl (C=O) groups is 13. The van der Waals surface area contributed by atoms with Gasteiger partial charge < -0.3 is 75.0 Å². The fourth-order valence-electron chi connectivity index (χ4n) is 15.6. The quantitative estimate of drug-likeness (QED) is 0.199. The second-order valence-corrected chi connectivity index (χ2v) is 30.2. The Balaban J connectivity index is 1.43. The van der Waals surface area contributed by atoms with Crippen LogP contribution in [0.25, 0.3) is 0 Å². The minimum absolute atomic E-state index is 0.0803. The predicted octanol–water partition coefficient (Wildman–Crippen LogP) is 2.33. The van der Waals surface area contributed by atoms with Crippen LogP contribution in [0.2, 0.25) is 0 Å². The molecular weight excluding hydrogens is 1310 g/mol. The standard InChI is InChI=1S/C74H118N12O16/c1-19-44(9)56-69(96)83-36-26-24-32-50(83)62(89)75-46(11)65(92)85-39-29-35-52(85)66(93)81(17)60(47(12)87)64(91)76-55(41(3)4)68(95)82(18)61(48(13)88)71(98)79(15)57(42(5)6)70(97)80(16)59(45(10)20-2)73(100)86-37-27-25-33-53(86)74(101)102-54(40-49-30-22-21-23-31-49)67(94)78(14)58(43(7)8)72(99)84-38-28-34-51(84)63(90)77-56/h21-23,30-31,41-48,50-61,87-88H,19-20,24-29,32-40H2,1-18H3,(H,75,89)(H,76,91)(H,77,90). The Morgan fingerprint density at radius 2 is 0.814 bits per heavy atom. The summed E-state index contributed by atoms with van der Waals surface area (Å²) in [4.78, 5) is 206. The summed E-state index contributed by atoms with van der Waals surface area (Å²) < 4.78 is 6.33. The van der Waals surface area contributed by atoms with Gasteiger partial charge in [0.15, 0.2) is 6.10 Å². The van der Waals surface area contributed by atoms with Crippen LogP contribution in [-0.4, -0.2) is 283 Å². The number of carbonyl (C=O) groups excluding carboxylic acids is 13. The molecule has 5 aliphatic rings. The Morgan fingerprint density at radius 1 is 0.402 bits per heavy atom. The number of fused-ring (bicyclic) bond motifs is 4. The molecule has 0 radical (unpaired) electrons. The number of esters is 1. The van der Waals surface area contributed by atoms with E-state index in [-0.39, 0.29) is 58.3 Å². The van der Waals surface area contributed by atoms with Crippen molar-refractivity contribution in [3.8, 4) is 0 Å².